The van der Waals surface area contributed by atoms with Gasteiger partial charge in [0.05, 0.1) is 6.10 Å². The monoisotopic (exact) mass is 243 g/mol. The van der Waals surface area contributed by atoms with Gasteiger partial charge in [0, 0.05) is 40.5 Å². The molecule has 1 aliphatic rings. The van der Waals surface area contributed by atoms with Gasteiger partial charge in [-0.05, 0) is 25.7 Å². The van der Waals surface area contributed by atoms with E-state index in [1.807, 2.05) is 0 Å². The van der Waals surface area contributed by atoms with Gasteiger partial charge in [-0.1, -0.05) is 0 Å². The molecular weight excluding hydrogens is 218 g/mol. The SMILES string of the molecule is CN=C(NCCCOC)NCCC1CCCO1. The van der Waals surface area contributed by atoms with Crippen LogP contribution < -0.4 is 10.6 Å². The zero-order valence-corrected chi connectivity index (χ0v) is 11.0. The molecule has 1 heterocycles. The first-order valence-corrected chi connectivity index (χ1v) is 6.42. The predicted molar refractivity (Wildman–Crippen MR) is 69.4 cm³/mol. The van der Waals surface area contributed by atoms with Gasteiger partial charge in [0.25, 0.3) is 0 Å². The fourth-order valence-electron chi connectivity index (χ4n) is 1.87. The summed E-state index contributed by atoms with van der Waals surface area (Å²) in [6.07, 6.45) is 4.88. The first-order chi connectivity index (χ1) is 8.36. The molecule has 0 aromatic carbocycles. The number of ether oxygens (including phenoxy) is 2. The van der Waals surface area contributed by atoms with E-state index < -0.39 is 0 Å². The molecule has 1 rings (SSSR count). The van der Waals surface area contributed by atoms with Crippen LogP contribution in [0.3, 0.4) is 0 Å². The van der Waals surface area contributed by atoms with Crippen molar-refractivity contribution < 1.29 is 9.47 Å². The Hall–Kier alpha value is -0.810. The molecule has 0 bridgehead atoms. The lowest BCUT2D eigenvalue weighted by Gasteiger charge is -2.13. The lowest BCUT2D eigenvalue weighted by molar-refractivity contribution is 0.105. The van der Waals surface area contributed by atoms with Crippen molar-refractivity contribution in [2.24, 2.45) is 4.99 Å². The molecule has 17 heavy (non-hydrogen) atoms. The Morgan fingerprint density at radius 2 is 2.24 bits per heavy atom. The first kappa shape index (κ1) is 14.3. The molecule has 2 N–H and O–H groups in total. The second-order valence-corrected chi connectivity index (χ2v) is 4.20. The minimum atomic E-state index is 0.439. The van der Waals surface area contributed by atoms with Gasteiger partial charge in [-0.3, -0.25) is 4.99 Å². The number of nitrogens with one attached hydrogen (secondary N) is 2. The van der Waals surface area contributed by atoms with E-state index in [-0.39, 0.29) is 0 Å². The fraction of sp³-hybridized carbons (Fsp3) is 0.917. The first-order valence-electron chi connectivity index (χ1n) is 6.42. The van der Waals surface area contributed by atoms with Crippen LogP contribution in [0.1, 0.15) is 25.7 Å². The van der Waals surface area contributed by atoms with Gasteiger partial charge in [0.15, 0.2) is 5.96 Å². The summed E-state index contributed by atoms with van der Waals surface area (Å²) in [4.78, 5) is 4.16. The molecule has 1 aliphatic heterocycles. The molecule has 0 aliphatic carbocycles. The van der Waals surface area contributed by atoms with Crippen molar-refractivity contribution in [3.63, 3.8) is 0 Å². The Kier molecular flexibility index (Phi) is 7.75. The van der Waals surface area contributed by atoms with Gasteiger partial charge in [-0.15, -0.1) is 0 Å². The highest BCUT2D eigenvalue weighted by molar-refractivity contribution is 5.79. The summed E-state index contributed by atoms with van der Waals surface area (Å²) in [7, 11) is 3.51. The van der Waals surface area contributed by atoms with Crippen molar-refractivity contribution in [2.75, 3.05) is 40.5 Å². The van der Waals surface area contributed by atoms with Crippen LogP contribution in [0.15, 0.2) is 4.99 Å². The van der Waals surface area contributed by atoms with Crippen LogP contribution in [0.4, 0.5) is 0 Å². The van der Waals surface area contributed by atoms with Crippen LogP contribution in [0, 0.1) is 0 Å². The highest BCUT2D eigenvalue weighted by Gasteiger charge is 2.14. The number of hydrogen-bond donors (Lipinski definition) is 2. The smallest absolute Gasteiger partial charge is 0.190 e. The van der Waals surface area contributed by atoms with Crippen LogP contribution in [0.2, 0.25) is 0 Å². The van der Waals surface area contributed by atoms with Crippen molar-refractivity contribution in [1.82, 2.24) is 10.6 Å². The molecule has 0 aromatic heterocycles. The van der Waals surface area contributed by atoms with Crippen LogP contribution in [0.25, 0.3) is 0 Å². The second-order valence-electron chi connectivity index (χ2n) is 4.20. The Labute approximate surface area is 104 Å². The van der Waals surface area contributed by atoms with Crippen molar-refractivity contribution in [3.8, 4) is 0 Å². The summed E-state index contributed by atoms with van der Waals surface area (Å²) in [5, 5.41) is 6.54. The summed E-state index contributed by atoms with van der Waals surface area (Å²) in [5.74, 6) is 0.860. The number of aliphatic imine (C=N–C) groups is 1. The Morgan fingerprint density at radius 3 is 2.88 bits per heavy atom. The average molecular weight is 243 g/mol. The standard InChI is InChI=1S/C12H25N3O2/c1-13-12(14-7-4-9-16-2)15-8-6-11-5-3-10-17-11/h11H,3-10H2,1-2H3,(H2,13,14,15). The van der Waals surface area contributed by atoms with Gasteiger partial charge < -0.3 is 20.1 Å². The van der Waals surface area contributed by atoms with Gasteiger partial charge in [-0.25, -0.2) is 0 Å². The lowest BCUT2D eigenvalue weighted by atomic mass is 10.2. The topological polar surface area (TPSA) is 54.9 Å². The summed E-state index contributed by atoms with van der Waals surface area (Å²) in [5.41, 5.74) is 0. The average Bonchev–Trinajstić information content (AvgIpc) is 2.85. The van der Waals surface area contributed by atoms with E-state index in [0.29, 0.717) is 6.10 Å². The molecule has 1 atom stereocenters. The molecule has 1 saturated heterocycles. The van der Waals surface area contributed by atoms with Crippen LogP contribution >= 0.6 is 0 Å². The zero-order chi connectivity index (χ0) is 12.3. The maximum absolute atomic E-state index is 5.56. The minimum absolute atomic E-state index is 0.439. The molecule has 0 amide bonds. The lowest BCUT2D eigenvalue weighted by Crippen LogP contribution is -2.39. The number of rotatable bonds is 7. The molecule has 0 aromatic rings. The molecule has 1 fully saturated rings. The highest BCUT2D eigenvalue weighted by Crippen LogP contribution is 2.14. The number of hydrogen-bond acceptors (Lipinski definition) is 3. The molecule has 0 radical (unpaired) electrons. The normalized spacial score (nSPS) is 20.6. The molecule has 1 unspecified atom stereocenters. The van der Waals surface area contributed by atoms with Crippen LogP contribution in [-0.4, -0.2) is 52.5 Å². The number of methoxy groups -OCH3 is 1. The molecule has 5 nitrogen and oxygen atoms in total. The van der Waals surface area contributed by atoms with Crippen molar-refractivity contribution >= 4 is 5.96 Å². The third-order valence-corrected chi connectivity index (χ3v) is 2.82. The van der Waals surface area contributed by atoms with Gasteiger partial charge in [0.1, 0.15) is 0 Å². The second kappa shape index (κ2) is 9.24. The van der Waals surface area contributed by atoms with Crippen molar-refractivity contribution in [2.45, 2.75) is 31.8 Å². The predicted octanol–water partition coefficient (Wildman–Crippen LogP) is 0.757. The van der Waals surface area contributed by atoms with E-state index in [1.54, 1.807) is 14.2 Å². The Bertz CT molecular complexity index is 216. The molecular formula is C12H25N3O2. The van der Waals surface area contributed by atoms with E-state index in [2.05, 4.69) is 15.6 Å². The van der Waals surface area contributed by atoms with Crippen molar-refractivity contribution in [3.05, 3.63) is 0 Å². The summed E-state index contributed by atoms with van der Waals surface area (Å²) in [6, 6.07) is 0. The molecule has 0 saturated carbocycles. The zero-order valence-electron chi connectivity index (χ0n) is 11.0. The fourth-order valence-corrected chi connectivity index (χ4v) is 1.87. The third-order valence-electron chi connectivity index (χ3n) is 2.82. The quantitative estimate of drug-likeness (QED) is 0.394. The number of guanidine groups is 1. The Balaban J connectivity index is 2.01. The van der Waals surface area contributed by atoms with Crippen LogP contribution in [-0.2, 0) is 9.47 Å². The summed E-state index contributed by atoms with van der Waals surface area (Å²) in [6.45, 7) is 3.50. The maximum atomic E-state index is 5.56. The van der Waals surface area contributed by atoms with E-state index in [0.717, 1.165) is 45.1 Å². The Morgan fingerprint density at radius 1 is 1.41 bits per heavy atom. The molecule has 5 heteroatoms. The minimum Gasteiger partial charge on any atom is -0.385 e. The van der Waals surface area contributed by atoms with E-state index in [1.165, 1.54) is 12.8 Å². The maximum Gasteiger partial charge on any atom is 0.190 e. The van der Waals surface area contributed by atoms with Gasteiger partial charge >= 0.3 is 0 Å². The van der Waals surface area contributed by atoms with E-state index in [9.17, 15) is 0 Å². The number of nitrogens with zero attached hydrogens (tertiary/aromatic N) is 1. The van der Waals surface area contributed by atoms with Gasteiger partial charge in [0.2, 0.25) is 0 Å². The highest BCUT2D eigenvalue weighted by atomic mass is 16.5. The summed E-state index contributed by atoms with van der Waals surface area (Å²) < 4.78 is 10.6. The van der Waals surface area contributed by atoms with E-state index >= 15 is 0 Å². The van der Waals surface area contributed by atoms with E-state index in [4.69, 9.17) is 9.47 Å². The summed E-state index contributed by atoms with van der Waals surface area (Å²) >= 11 is 0. The molecule has 0 spiro atoms. The van der Waals surface area contributed by atoms with Crippen molar-refractivity contribution in [1.29, 1.82) is 0 Å². The largest absolute Gasteiger partial charge is 0.385 e. The molecule has 100 valence electrons. The van der Waals surface area contributed by atoms with Gasteiger partial charge in [-0.2, -0.15) is 0 Å². The van der Waals surface area contributed by atoms with Crippen LogP contribution in [0.5, 0.6) is 0 Å². The third kappa shape index (κ3) is 6.48.